The topological polar surface area (TPSA) is 0 Å². The molecule has 1 atom stereocenters. The van der Waals surface area contributed by atoms with Crippen LogP contribution in [0, 0.1) is 24.6 Å². The Labute approximate surface area is 112 Å². The second-order valence-electron chi connectivity index (χ2n) is 5.23. The van der Waals surface area contributed by atoms with Gasteiger partial charge in [0.25, 0.3) is 0 Å². The summed E-state index contributed by atoms with van der Waals surface area (Å²) in [6, 6.07) is 5.19. The molecular weight excluding hydrogens is 279 g/mol. The summed E-state index contributed by atoms with van der Waals surface area (Å²) in [5, 5.41) is 1.06. The second kappa shape index (κ2) is 5.99. The maximum atomic E-state index is 13.1. The van der Waals surface area contributed by atoms with Crippen LogP contribution < -0.4 is 0 Å². The highest BCUT2D eigenvalue weighted by atomic mass is 79.9. The van der Waals surface area contributed by atoms with Crippen LogP contribution in [0.25, 0.3) is 0 Å². The predicted octanol–water partition coefficient (Wildman–Crippen LogP) is 4.88. The lowest BCUT2D eigenvalue weighted by molar-refractivity contribution is 0.372. The third-order valence-electron chi connectivity index (χ3n) is 4.05. The monoisotopic (exact) mass is 298 g/mol. The van der Waals surface area contributed by atoms with Gasteiger partial charge >= 0.3 is 0 Å². The van der Waals surface area contributed by atoms with Crippen molar-refractivity contribution >= 4 is 15.9 Å². The fraction of sp³-hybridized carbons (Fsp3) is 0.600. The maximum absolute atomic E-state index is 13.1. The Morgan fingerprint density at radius 3 is 2.65 bits per heavy atom. The van der Waals surface area contributed by atoms with Gasteiger partial charge in [-0.2, -0.15) is 0 Å². The summed E-state index contributed by atoms with van der Waals surface area (Å²) in [6.07, 6.45) is 6.60. The van der Waals surface area contributed by atoms with Crippen molar-refractivity contribution in [2.45, 2.75) is 39.0 Å². The minimum atomic E-state index is -0.123. The van der Waals surface area contributed by atoms with Crippen molar-refractivity contribution < 1.29 is 4.39 Å². The lowest BCUT2D eigenvalue weighted by Crippen LogP contribution is -2.16. The van der Waals surface area contributed by atoms with Crippen molar-refractivity contribution in [1.29, 1.82) is 0 Å². The number of benzene rings is 1. The first kappa shape index (κ1) is 13.1. The van der Waals surface area contributed by atoms with E-state index >= 15 is 0 Å². The molecule has 2 rings (SSSR count). The van der Waals surface area contributed by atoms with E-state index < -0.39 is 0 Å². The molecule has 0 bridgehead atoms. The Bertz CT molecular complexity index is 369. The zero-order valence-corrected chi connectivity index (χ0v) is 12.0. The molecular formula is C15H20BrF. The maximum Gasteiger partial charge on any atom is 0.123 e. The van der Waals surface area contributed by atoms with Gasteiger partial charge in [-0.25, -0.2) is 4.39 Å². The largest absolute Gasteiger partial charge is 0.207 e. The van der Waals surface area contributed by atoms with Gasteiger partial charge in [-0.3, -0.25) is 0 Å². The lowest BCUT2D eigenvalue weighted by atomic mass is 9.86. The van der Waals surface area contributed by atoms with Crippen LogP contribution in [-0.4, -0.2) is 5.33 Å². The third-order valence-corrected chi connectivity index (χ3v) is 4.88. The molecule has 0 radical (unpaired) electrons. The van der Waals surface area contributed by atoms with Crippen LogP contribution in [0.2, 0.25) is 0 Å². The normalized spacial score (nSPS) is 18.5. The van der Waals surface area contributed by atoms with Crippen LogP contribution in [-0.2, 0) is 6.42 Å². The van der Waals surface area contributed by atoms with Crippen LogP contribution in [0.15, 0.2) is 18.2 Å². The van der Waals surface area contributed by atoms with Crippen molar-refractivity contribution in [3.05, 3.63) is 35.1 Å². The standard InChI is InChI=1S/C15H20BrF/c1-11-8-15(17)7-6-13(11)9-14(10-16)12-4-2-3-5-12/h6-8,12,14H,2-5,9-10H2,1H3. The molecule has 1 aromatic carbocycles. The smallest absolute Gasteiger partial charge is 0.123 e. The first-order valence-corrected chi connectivity index (χ1v) is 7.64. The Morgan fingerprint density at radius 2 is 2.06 bits per heavy atom. The SMILES string of the molecule is Cc1cc(F)ccc1CC(CBr)C1CCCC1. The Morgan fingerprint density at radius 1 is 1.35 bits per heavy atom. The highest BCUT2D eigenvalue weighted by molar-refractivity contribution is 9.09. The average Bonchev–Trinajstić information content (AvgIpc) is 2.81. The Hall–Kier alpha value is -0.370. The lowest BCUT2D eigenvalue weighted by Gasteiger charge is -2.22. The average molecular weight is 299 g/mol. The molecule has 0 amide bonds. The van der Waals surface area contributed by atoms with E-state index in [1.54, 1.807) is 12.1 Å². The van der Waals surface area contributed by atoms with Gasteiger partial charge in [-0.05, 0) is 48.4 Å². The number of hydrogen-bond donors (Lipinski definition) is 0. The molecule has 0 aromatic heterocycles. The van der Waals surface area contributed by atoms with Crippen molar-refractivity contribution in [3.63, 3.8) is 0 Å². The molecule has 17 heavy (non-hydrogen) atoms. The van der Waals surface area contributed by atoms with E-state index in [-0.39, 0.29) is 5.82 Å². The van der Waals surface area contributed by atoms with Crippen LogP contribution in [0.3, 0.4) is 0 Å². The van der Waals surface area contributed by atoms with Crippen LogP contribution >= 0.6 is 15.9 Å². The number of rotatable bonds is 4. The zero-order valence-electron chi connectivity index (χ0n) is 10.4. The first-order valence-electron chi connectivity index (χ1n) is 6.51. The summed E-state index contributed by atoms with van der Waals surface area (Å²) in [5.74, 6) is 1.45. The fourth-order valence-electron chi connectivity index (χ4n) is 2.95. The Kier molecular flexibility index (Phi) is 4.61. The molecule has 2 heteroatoms. The van der Waals surface area contributed by atoms with Crippen molar-refractivity contribution in [1.82, 2.24) is 0 Å². The van der Waals surface area contributed by atoms with Gasteiger partial charge in [0.15, 0.2) is 0 Å². The summed E-state index contributed by atoms with van der Waals surface area (Å²) in [7, 11) is 0. The van der Waals surface area contributed by atoms with Crippen LogP contribution in [0.1, 0.15) is 36.8 Å². The van der Waals surface area contributed by atoms with E-state index in [0.717, 1.165) is 23.2 Å². The molecule has 1 fully saturated rings. The Balaban J connectivity index is 2.06. The van der Waals surface area contributed by atoms with Crippen molar-refractivity contribution in [2.24, 2.45) is 11.8 Å². The highest BCUT2D eigenvalue weighted by Gasteiger charge is 2.24. The first-order chi connectivity index (χ1) is 8.20. The van der Waals surface area contributed by atoms with Gasteiger partial charge in [-0.15, -0.1) is 0 Å². The molecule has 1 unspecified atom stereocenters. The molecule has 1 aliphatic rings. The van der Waals surface area contributed by atoms with Gasteiger partial charge in [-0.1, -0.05) is 47.7 Å². The van der Waals surface area contributed by atoms with Gasteiger partial charge in [0.05, 0.1) is 0 Å². The fourth-order valence-corrected chi connectivity index (χ4v) is 3.70. The molecule has 0 heterocycles. The summed E-state index contributed by atoms with van der Waals surface area (Å²) >= 11 is 3.65. The van der Waals surface area contributed by atoms with Gasteiger partial charge in [0.2, 0.25) is 0 Å². The van der Waals surface area contributed by atoms with E-state index in [2.05, 4.69) is 15.9 Å². The molecule has 0 spiro atoms. The van der Waals surface area contributed by atoms with E-state index in [1.807, 2.05) is 13.0 Å². The van der Waals surface area contributed by atoms with E-state index in [1.165, 1.54) is 31.2 Å². The minimum absolute atomic E-state index is 0.123. The third kappa shape index (κ3) is 3.31. The summed E-state index contributed by atoms with van der Waals surface area (Å²) in [4.78, 5) is 0. The van der Waals surface area contributed by atoms with Crippen LogP contribution in [0.5, 0.6) is 0 Å². The number of aryl methyl sites for hydroxylation is 1. The van der Waals surface area contributed by atoms with Gasteiger partial charge in [0, 0.05) is 5.33 Å². The molecule has 0 nitrogen and oxygen atoms in total. The van der Waals surface area contributed by atoms with E-state index in [0.29, 0.717) is 5.92 Å². The quantitative estimate of drug-likeness (QED) is 0.695. The number of halogens is 2. The summed E-state index contributed by atoms with van der Waals surface area (Å²) in [6.45, 7) is 2.01. The number of hydrogen-bond acceptors (Lipinski definition) is 0. The summed E-state index contributed by atoms with van der Waals surface area (Å²) in [5.41, 5.74) is 2.40. The van der Waals surface area contributed by atoms with Crippen LogP contribution in [0.4, 0.5) is 4.39 Å². The summed E-state index contributed by atoms with van der Waals surface area (Å²) < 4.78 is 13.1. The minimum Gasteiger partial charge on any atom is -0.207 e. The zero-order chi connectivity index (χ0) is 12.3. The predicted molar refractivity (Wildman–Crippen MR) is 74.1 cm³/mol. The molecule has 1 saturated carbocycles. The molecule has 1 aromatic rings. The molecule has 0 N–H and O–H groups in total. The molecule has 1 aliphatic carbocycles. The second-order valence-corrected chi connectivity index (χ2v) is 5.88. The van der Waals surface area contributed by atoms with E-state index in [4.69, 9.17) is 0 Å². The van der Waals surface area contributed by atoms with Gasteiger partial charge < -0.3 is 0 Å². The molecule has 0 aliphatic heterocycles. The highest BCUT2D eigenvalue weighted by Crippen LogP contribution is 2.34. The molecule has 94 valence electrons. The van der Waals surface area contributed by atoms with E-state index in [9.17, 15) is 4.39 Å². The van der Waals surface area contributed by atoms with Crippen molar-refractivity contribution in [3.8, 4) is 0 Å². The van der Waals surface area contributed by atoms with Gasteiger partial charge in [0.1, 0.15) is 5.82 Å². The number of alkyl halides is 1. The molecule has 0 saturated heterocycles. The van der Waals surface area contributed by atoms with Crippen molar-refractivity contribution in [2.75, 3.05) is 5.33 Å².